The molecule has 1 heterocycles. The summed E-state index contributed by atoms with van der Waals surface area (Å²) in [4.78, 5) is 14.8. The van der Waals surface area contributed by atoms with Gasteiger partial charge in [0.15, 0.2) is 0 Å². The van der Waals surface area contributed by atoms with Crippen LogP contribution in [0.1, 0.15) is 16.1 Å². The molecule has 3 rings (SSSR count). The van der Waals surface area contributed by atoms with E-state index in [-0.39, 0.29) is 32.3 Å². The second kappa shape index (κ2) is 7.37. The van der Waals surface area contributed by atoms with Crippen molar-refractivity contribution in [3.8, 4) is 5.75 Å². The number of aromatic amines is 1. The Labute approximate surface area is 163 Å². The van der Waals surface area contributed by atoms with Crippen molar-refractivity contribution in [1.82, 2.24) is 5.43 Å². The SMILES string of the molecule is Nc1c(Cl)c(Cl)[nH+]c(C(=O)N/N=C/c2c(O)ccc3ccccc23)c1Cl. The number of halogens is 3. The average molecular weight is 411 g/mol. The van der Waals surface area contributed by atoms with E-state index in [1.807, 2.05) is 24.3 Å². The number of phenolic OH excluding ortho intramolecular Hbond substituents is 1. The fraction of sp³-hybridized carbons (Fsp3) is 0. The van der Waals surface area contributed by atoms with E-state index in [9.17, 15) is 9.90 Å². The maximum Gasteiger partial charge on any atom is 0.337 e. The summed E-state index contributed by atoms with van der Waals surface area (Å²) in [6.45, 7) is 0. The van der Waals surface area contributed by atoms with E-state index in [0.29, 0.717) is 5.56 Å². The number of hydrogen-bond donors (Lipinski definition) is 3. The topological polar surface area (TPSA) is 102 Å². The van der Waals surface area contributed by atoms with Gasteiger partial charge in [-0.2, -0.15) is 10.1 Å². The zero-order chi connectivity index (χ0) is 18.8. The summed E-state index contributed by atoms with van der Waals surface area (Å²) in [5.74, 6) is -0.638. The largest absolute Gasteiger partial charge is 0.507 e. The van der Waals surface area contributed by atoms with Crippen molar-refractivity contribution >= 4 is 63.4 Å². The second-order valence-electron chi connectivity index (χ2n) is 5.27. The number of amides is 1. The van der Waals surface area contributed by atoms with Crippen molar-refractivity contribution in [2.45, 2.75) is 0 Å². The Balaban J connectivity index is 1.88. The summed E-state index contributed by atoms with van der Waals surface area (Å²) < 4.78 is 0. The van der Waals surface area contributed by atoms with E-state index in [1.54, 1.807) is 12.1 Å². The van der Waals surface area contributed by atoms with Crippen LogP contribution in [0.5, 0.6) is 5.75 Å². The molecule has 132 valence electrons. The number of hydrazone groups is 1. The van der Waals surface area contributed by atoms with Gasteiger partial charge in [-0.15, -0.1) is 0 Å². The van der Waals surface area contributed by atoms with Gasteiger partial charge in [0.2, 0.25) is 0 Å². The van der Waals surface area contributed by atoms with Crippen LogP contribution in [-0.2, 0) is 0 Å². The number of carbonyl (C=O) groups is 1. The predicted octanol–water partition coefficient (Wildman–Crippen LogP) is 3.67. The van der Waals surface area contributed by atoms with Gasteiger partial charge in [-0.3, -0.25) is 4.79 Å². The normalized spacial score (nSPS) is 11.2. The molecule has 6 nitrogen and oxygen atoms in total. The Morgan fingerprint density at radius 3 is 2.65 bits per heavy atom. The van der Waals surface area contributed by atoms with Crippen LogP contribution in [0.15, 0.2) is 41.5 Å². The van der Waals surface area contributed by atoms with Gasteiger partial charge in [0.1, 0.15) is 15.8 Å². The molecular weight excluding hydrogens is 399 g/mol. The molecule has 0 aliphatic heterocycles. The Kier molecular flexibility index (Phi) is 5.18. The van der Waals surface area contributed by atoms with Gasteiger partial charge in [-0.1, -0.05) is 53.5 Å². The van der Waals surface area contributed by atoms with Crippen molar-refractivity contribution in [2.24, 2.45) is 5.10 Å². The van der Waals surface area contributed by atoms with Crippen LogP contribution in [0, 0.1) is 0 Å². The first kappa shape index (κ1) is 18.3. The fourth-order valence-corrected chi connectivity index (χ4v) is 2.97. The number of rotatable bonds is 3. The number of nitrogen functional groups attached to an aromatic ring is 1. The number of H-pyrrole nitrogens is 1. The van der Waals surface area contributed by atoms with Gasteiger partial charge in [-0.05, 0) is 28.4 Å². The lowest BCUT2D eigenvalue weighted by molar-refractivity contribution is -0.379. The van der Waals surface area contributed by atoms with Gasteiger partial charge < -0.3 is 10.8 Å². The number of nitrogens with one attached hydrogen (secondary N) is 2. The van der Waals surface area contributed by atoms with E-state index < -0.39 is 5.91 Å². The van der Waals surface area contributed by atoms with Crippen molar-refractivity contribution in [3.05, 3.63) is 62.9 Å². The highest BCUT2D eigenvalue weighted by atomic mass is 35.5. The first-order chi connectivity index (χ1) is 12.4. The molecule has 0 atom stereocenters. The minimum absolute atomic E-state index is 0.0158. The van der Waals surface area contributed by atoms with Gasteiger partial charge >= 0.3 is 5.91 Å². The highest BCUT2D eigenvalue weighted by molar-refractivity contribution is 6.45. The molecule has 1 amide bonds. The van der Waals surface area contributed by atoms with Crippen LogP contribution in [0.2, 0.25) is 15.2 Å². The van der Waals surface area contributed by atoms with Gasteiger partial charge in [0.25, 0.3) is 10.8 Å². The number of phenols is 1. The van der Waals surface area contributed by atoms with E-state index in [4.69, 9.17) is 40.5 Å². The summed E-state index contributed by atoms with van der Waals surface area (Å²) in [5, 5.41) is 15.6. The fourth-order valence-electron chi connectivity index (χ4n) is 2.36. The lowest BCUT2D eigenvalue weighted by Gasteiger charge is -2.05. The van der Waals surface area contributed by atoms with Crippen molar-refractivity contribution in [3.63, 3.8) is 0 Å². The lowest BCUT2D eigenvalue weighted by Crippen LogP contribution is -2.28. The van der Waals surface area contributed by atoms with Crippen LogP contribution < -0.4 is 16.1 Å². The van der Waals surface area contributed by atoms with E-state index in [0.717, 1.165) is 10.8 Å². The number of benzene rings is 2. The van der Waals surface area contributed by atoms with Crippen LogP contribution in [0.25, 0.3) is 10.8 Å². The Hall–Kier alpha value is -2.54. The van der Waals surface area contributed by atoms with Crippen LogP contribution in [0.4, 0.5) is 5.69 Å². The summed E-state index contributed by atoms with van der Waals surface area (Å²) in [6.07, 6.45) is 1.34. The molecule has 0 fully saturated rings. The summed E-state index contributed by atoms with van der Waals surface area (Å²) in [7, 11) is 0. The Morgan fingerprint density at radius 2 is 1.88 bits per heavy atom. The molecule has 3 aromatic rings. The zero-order valence-electron chi connectivity index (χ0n) is 13.1. The van der Waals surface area contributed by atoms with Gasteiger partial charge in [0, 0.05) is 5.56 Å². The van der Waals surface area contributed by atoms with Crippen LogP contribution in [-0.4, -0.2) is 17.2 Å². The predicted molar refractivity (Wildman–Crippen MR) is 103 cm³/mol. The first-order valence-electron chi connectivity index (χ1n) is 7.29. The maximum absolute atomic E-state index is 12.3. The smallest absolute Gasteiger partial charge is 0.337 e. The van der Waals surface area contributed by atoms with Crippen molar-refractivity contribution < 1.29 is 14.9 Å². The maximum atomic E-state index is 12.3. The number of aromatic nitrogens is 1. The Bertz CT molecular complexity index is 1050. The summed E-state index contributed by atoms with van der Waals surface area (Å²) in [5.41, 5.74) is 8.37. The molecular formula is C17H12Cl3N4O2+. The average Bonchev–Trinajstić information content (AvgIpc) is 2.64. The number of aromatic hydroxyl groups is 1. The van der Waals surface area contributed by atoms with Crippen molar-refractivity contribution in [1.29, 1.82) is 0 Å². The monoisotopic (exact) mass is 409 g/mol. The summed E-state index contributed by atoms with van der Waals surface area (Å²) in [6, 6.07) is 10.8. The molecule has 26 heavy (non-hydrogen) atoms. The molecule has 9 heteroatoms. The third kappa shape index (κ3) is 3.39. The molecule has 0 saturated heterocycles. The zero-order valence-corrected chi connectivity index (χ0v) is 15.3. The number of pyridine rings is 1. The number of nitrogens with two attached hydrogens (primary N) is 1. The highest BCUT2D eigenvalue weighted by Crippen LogP contribution is 2.32. The molecule has 2 aromatic carbocycles. The molecule has 0 radical (unpaired) electrons. The van der Waals surface area contributed by atoms with Crippen LogP contribution >= 0.6 is 34.8 Å². The van der Waals surface area contributed by atoms with Crippen LogP contribution in [0.3, 0.4) is 0 Å². The third-order valence-electron chi connectivity index (χ3n) is 3.65. The molecule has 0 saturated carbocycles. The number of fused-ring (bicyclic) bond motifs is 1. The number of carbonyl (C=O) groups excluding carboxylic acids is 1. The van der Waals surface area contributed by atoms with Crippen molar-refractivity contribution in [2.75, 3.05) is 5.73 Å². The standard InChI is InChI=1S/C17H11Cl3N4O2/c18-12-14(21)13(19)16(20)23-15(12)17(26)24-22-7-10-9-4-2-1-3-8(9)5-6-11(10)25/h1-7,25H,(H2,21,23)(H,24,26)/p+1/b22-7+. The molecule has 0 aliphatic carbocycles. The third-order valence-corrected chi connectivity index (χ3v) is 4.82. The van der Waals surface area contributed by atoms with E-state index in [2.05, 4.69) is 15.5 Å². The van der Waals surface area contributed by atoms with Gasteiger partial charge in [0.05, 0.1) is 11.9 Å². The Morgan fingerprint density at radius 1 is 1.15 bits per heavy atom. The van der Waals surface area contributed by atoms with E-state index in [1.165, 1.54) is 6.21 Å². The molecule has 0 bridgehead atoms. The summed E-state index contributed by atoms with van der Waals surface area (Å²) >= 11 is 17.7. The quantitative estimate of drug-likeness (QED) is 0.349. The number of nitrogens with zero attached hydrogens (tertiary/aromatic N) is 1. The van der Waals surface area contributed by atoms with E-state index >= 15 is 0 Å². The minimum Gasteiger partial charge on any atom is -0.507 e. The molecule has 5 N–H and O–H groups in total. The lowest BCUT2D eigenvalue weighted by atomic mass is 10.0. The second-order valence-corrected chi connectivity index (χ2v) is 6.41. The first-order valence-corrected chi connectivity index (χ1v) is 8.43. The molecule has 1 aromatic heterocycles. The minimum atomic E-state index is -0.670. The number of anilines is 1. The van der Waals surface area contributed by atoms with Gasteiger partial charge in [-0.25, -0.2) is 5.43 Å². The molecule has 0 unspecified atom stereocenters. The molecule has 0 spiro atoms. The highest BCUT2D eigenvalue weighted by Gasteiger charge is 2.25. The molecule has 0 aliphatic rings. The number of hydrogen-bond acceptors (Lipinski definition) is 4.